The molecule has 2 rings (SSSR count). The Kier molecular flexibility index (Phi) is 3.02. The van der Waals surface area contributed by atoms with Gasteiger partial charge in [0, 0.05) is 18.9 Å². The molecule has 1 amide bonds. The molecule has 0 fully saturated rings. The van der Waals surface area contributed by atoms with Gasteiger partial charge in [0.25, 0.3) is 0 Å². The molecule has 3 heteroatoms. The Morgan fingerprint density at radius 1 is 1.40 bits per heavy atom. The summed E-state index contributed by atoms with van der Waals surface area (Å²) in [6, 6.07) is 7.84. The predicted octanol–water partition coefficient (Wildman–Crippen LogP) is 2.15. The van der Waals surface area contributed by atoms with Crippen LogP contribution in [0.5, 0.6) is 0 Å². The zero-order chi connectivity index (χ0) is 10.7. The van der Waals surface area contributed by atoms with Crippen molar-refractivity contribution in [1.29, 1.82) is 0 Å². The highest BCUT2D eigenvalue weighted by atomic mass is 16.5. The molecule has 1 aliphatic rings. The van der Waals surface area contributed by atoms with E-state index in [9.17, 15) is 4.79 Å². The van der Waals surface area contributed by atoms with E-state index in [1.165, 1.54) is 0 Å². The van der Waals surface area contributed by atoms with Gasteiger partial charge >= 0.3 is 0 Å². The van der Waals surface area contributed by atoms with Crippen molar-refractivity contribution in [2.75, 3.05) is 18.5 Å². The number of hydrogen-bond acceptors (Lipinski definition) is 2. The topological polar surface area (TPSA) is 38.3 Å². The van der Waals surface area contributed by atoms with Crippen LogP contribution in [0.2, 0.25) is 0 Å². The Balaban J connectivity index is 2.08. The first-order valence-electron chi connectivity index (χ1n) is 5.30. The van der Waals surface area contributed by atoms with Gasteiger partial charge in [-0.25, -0.2) is 0 Å². The molecule has 0 aromatic heterocycles. The lowest BCUT2D eigenvalue weighted by Crippen LogP contribution is -2.14. The summed E-state index contributed by atoms with van der Waals surface area (Å²) in [6.07, 6.45) is 0.761. The summed E-state index contributed by atoms with van der Waals surface area (Å²) < 4.78 is 5.28. The molecule has 1 atom stereocenters. The van der Waals surface area contributed by atoms with Gasteiger partial charge in [0.05, 0.1) is 5.92 Å². The molecule has 0 saturated heterocycles. The second-order valence-corrected chi connectivity index (χ2v) is 3.61. The summed E-state index contributed by atoms with van der Waals surface area (Å²) in [7, 11) is 0. The highest BCUT2D eigenvalue weighted by Crippen LogP contribution is 2.34. The standard InChI is InChI=1S/C12H15NO2/c1-2-15-8-7-10-9-5-3-4-6-11(9)13-12(10)14/h3-6,10H,2,7-8H2,1H3,(H,13,14)/t10-/m1/s1. The van der Waals surface area contributed by atoms with Gasteiger partial charge in [-0.3, -0.25) is 4.79 Å². The van der Waals surface area contributed by atoms with Gasteiger partial charge in [0.15, 0.2) is 0 Å². The van der Waals surface area contributed by atoms with Gasteiger partial charge in [0.2, 0.25) is 5.91 Å². The summed E-state index contributed by atoms with van der Waals surface area (Å²) in [5.74, 6) is 0.0589. The number of para-hydroxylation sites is 1. The molecule has 0 saturated carbocycles. The third kappa shape index (κ3) is 2.02. The Morgan fingerprint density at radius 3 is 3.00 bits per heavy atom. The Labute approximate surface area is 89.4 Å². The number of carbonyl (C=O) groups is 1. The van der Waals surface area contributed by atoms with Gasteiger partial charge < -0.3 is 10.1 Å². The minimum atomic E-state index is -0.0345. The third-order valence-corrected chi connectivity index (χ3v) is 2.67. The highest BCUT2D eigenvalue weighted by Gasteiger charge is 2.29. The quantitative estimate of drug-likeness (QED) is 0.765. The lowest BCUT2D eigenvalue weighted by molar-refractivity contribution is -0.117. The monoisotopic (exact) mass is 205 g/mol. The molecule has 1 aromatic carbocycles. The zero-order valence-corrected chi connectivity index (χ0v) is 8.82. The van der Waals surface area contributed by atoms with E-state index in [-0.39, 0.29) is 11.8 Å². The number of hydrogen-bond donors (Lipinski definition) is 1. The van der Waals surface area contributed by atoms with Crippen LogP contribution in [0.3, 0.4) is 0 Å². The summed E-state index contributed by atoms with van der Waals surface area (Å²) in [6.45, 7) is 3.31. The van der Waals surface area contributed by atoms with Crippen LogP contribution in [-0.4, -0.2) is 19.1 Å². The number of nitrogens with one attached hydrogen (secondary N) is 1. The number of amides is 1. The summed E-state index contributed by atoms with van der Waals surface area (Å²) in [5, 5.41) is 2.88. The maximum absolute atomic E-state index is 11.7. The lowest BCUT2D eigenvalue weighted by Gasteiger charge is -2.07. The minimum absolute atomic E-state index is 0.0345. The molecule has 80 valence electrons. The molecule has 0 bridgehead atoms. The smallest absolute Gasteiger partial charge is 0.232 e. The van der Waals surface area contributed by atoms with Crippen molar-refractivity contribution in [2.45, 2.75) is 19.3 Å². The van der Waals surface area contributed by atoms with Crippen molar-refractivity contribution in [1.82, 2.24) is 0 Å². The Hall–Kier alpha value is -1.35. The number of fused-ring (bicyclic) bond motifs is 1. The molecular weight excluding hydrogens is 190 g/mol. The normalized spacial score (nSPS) is 18.7. The summed E-state index contributed by atoms with van der Waals surface area (Å²) >= 11 is 0. The fourth-order valence-corrected chi connectivity index (χ4v) is 1.91. The zero-order valence-electron chi connectivity index (χ0n) is 8.82. The largest absolute Gasteiger partial charge is 0.382 e. The fourth-order valence-electron chi connectivity index (χ4n) is 1.91. The maximum Gasteiger partial charge on any atom is 0.232 e. The molecule has 1 aliphatic heterocycles. The van der Waals surface area contributed by atoms with Crippen LogP contribution in [0.4, 0.5) is 5.69 Å². The molecule has 1 N–H and O–H groups in total. The molecule has 3 nitrogen and oxygen atoms in total. The van der Waals surface area contributed by atoms with Gasteiger partial charge in [-0.15, -0.1) is 0 Å². The number of rotatable bonds is 4. The van der Waals surface area contributed by atoms with Gasteiger partial charge in [-0.2, -0.15) is 0 Å². The lowest BCUT2D eigenvalue weighted by atomic mass is 9.98. The first-order chi connectivity index (χ1) is 7.33. The summed E-state index contributed by atoms with van der Waals surface area (Å²) in [4.78, 5) is 11.7. The van der Waals surface area contributed by atoms with E-state index in [1.807, 2.05) is 31.2 Å². The van der Waals surface area contributed by atoms with Crippen molar-refractivity contribution in [2.24, 2.45) is 0 Å². The number of anilines is 1. The van der Waals surface area contributed by atoms with Gasteiger partial charge in [-0.05, 0) is 25.0 Å². The van der Waals surface area contributed by atoms with E-state index in [0.29, 0.717) is 13.2 Å². The maximum atomic E-state index is 11.7. The first-order valence-corrected chi connectivity index (χ1v) is 5.30. The molecule has 0 radical (unpaired) electrons. The molecular formula is C12H15NO2. The molecule has 0 unspecified atom stereocenters. The van der Waals surface area contributed by atoms with Crippen molar-refractivity contribution in [3.05, 3.63) is 29.8 Å². The van der Waals surface area contributed by atoms with Crippen LogP contribution in [0.25, 0.3) is 0 Å². The summed E-state index contributed by atoms with van der Waals surface area (Å²) in [5.41, 5.74) is 2.05. The van der Waals surface area contributed by atoms with E-state index in [4.69, 9.17) is 4.74 Å². The number of benzene rings is 1. The van der Waals surface area contributed by atoms with Crippen LogP contribution < -0.4 is 5.32 Å². The van der Waals surface area contributed by atoms with Crippen molar-refractivity contribution < 1.29 is 9.53 Å². The van der Waals surface area contributed by atoms with E-state index in [2.05, 4.69) is 5.32 Å². The highest BCUT2D eigenvalue weighted by molar-refractivity contribution is 6.02. The fraction of sp³-hybridized carbons (Fsp3) is 0.417. The van der Waals surface area contributed by atoms with Gasteiger partial charge in [0.1, 0.15) is 0 Å². The van der Waals surface area contributed by atoms with Crippen molar-refractivity contribution in [3.63, 3.8) is 0 Å². The second-order valence-electron chi connectivity index (χ2n) is 3.61. The second kappa shape index (κ2) is 4.45. The number of ether oxygens (including phenoxy) is 1. The van der Waals surface area contributed by atoms with Crippen LogP contribution in [-0.2, 0) is 9.53 Å². The molecule has 15 heavy (non-hydrogen) atoms. The van der Waals surface area contributed by atoms with Crippen molar-refractivity contribution >= 4 is 11.6 Å². The molecule has 0 aliphatic carbocycles. The molecule has 0 spiro atoms. The van der Waals surface area contributed by atoms with Gasteiger partial charge in [-0.1, -0.05) is 18.2 Å². The van der Waals surface area contributed by atoms with Crippen LogP contribution in [0.15, 0.2) is 24.3 Å². The third-order valence-electron chi connectivity index (χ3n) is 2.67. The minimum Gasteiger partial charge on any atom is -0.382 e. The van der Waals surface area contributed by atoms with E-state index in [0.717, 1.165) is 17.7 Å². The van der Waals surface area contributed by atoms with Crippen LogP contribution in [0, 0.1) is 0 Å². The average Bonchev–Trinajstić information content (AvgIpc) is 2.56. The van der Waals surface area contributed by atoms with E-state index in [1.54, 1.807) is 0 Å². The van der Waals surface area contributed by atoms with Crippen LogP contribution >= 0.6 is 0 Å². The average molecular weight is 205 g/mol. The van der Waals surface area contributed by atoms with E-state index >= 15 is 0 Å². The van der Waals surface area contributed by atoms with E-state index < -0.39 is 0 Å². The number of carbonyl (C=O) groups excluding carboxylic acids is 1. The molecule has 1 aromatic rings. The Bertz CT molecular complexity index is 362. The molecule has 1 heterocycles. The van der Waals surface area contributed by atoms with Crippen molar-refractivity contribution in [3.8, 4) is 0 Å². The van der Waals surface area contributed by atoms with Crippen LogP contribution in [0.1, 0.15) is 24.8 Å². The Morgan fingerprint density at radius 2 is 2.20 bits per heavy atom. The first kappa shape index (κ1) is 10.2. The SMILES string of the molecule is CCOCC[C@H]1C(=O)Nc2ccccc21. The predicted molar refractivity (Wildman–Crippen MR) is 58.9 cm³/mol.